The van der Waals surface area contributed by atoms with Crippen LogP contribution in [-0.2, 0) is 14.8 Å². The van der Waals surface area contributed by atoms with Crippen LogP contribution in [0, 0.1) is 5.92 Å². The number of fused-ring (bicyclic) bond motifs is 2. The van der Waals surface area contributed by atoms with Gasteiger partial charge < -0.3 is 9.64 Å². The van der Waals surface area contributed by atoms with Crippen LogP contribution in [0.5, 0.6) is 0 Å². The molecule has 3 aliphatic rings. The third kappa shape index (κ3) is 5.26. The van der Waals surface area contributed by atoms with E-state index in [2.05, 4.69) is 51.0 Å². The van der Waals surface area contributed by atoms with Gasteiger partial charge in [0, 0.05) is 30.2 Å². The highest BCUT2D eigenvalue weighted by molar-refractivity contribution is 7.88. The Morgan fingerprint density at radius 1 is 1.00 bits per heavy atom. The zero-order valence-corrected chi connectivity index (χ0v) is 20.2. The first-order valence-corrected chi connectivity index (χ1v) is 14.2. The lowest BCUT2D eigenvalue weighted by Crippen LogP contribution is -2.58. The first-order valence-electron chi connectivity index (χ1n) is 12.3. The van der Waals surface area contributed by atoms with Crippen molar-refractivity contribution in [1.29, 1.82) is 0 Å². The molecule has 1 aromatic heterocycles. The van der Waals surface area contributed by atoms with Crippen molar-refractivity contribution in [2.75, 3.05) is 17.8 Å². The predicted octanol–water partition coefficient (Wildman–Crippen LogP) is 4.10. The van der Waals surface area contributed by atoms with Gasteiger partial charge in [0.2, 0.25) is 10.0 Å². The van der Waals surface area contributed by atoms with Gasteiger partial charge in [-0.1, -0.05) is 36.4 Å². The largest absolute Gasteiger partial charge is 0.378 e. The number of benzene rings is 1. The number of nitrogens with zero attached hydrogens (tertiary/aromatic N) is 2. The van der Waals surface area contributed by atoms with Crippen LogP contribution >= 0.6 is 0 Å². The van der Waals surface area contributed by atoms with Crippen molar-refractivity contribution in [3.8, 4) is 0 Å². The number of piperidine rings is 1. The number of pyridine rings is 1. The van der Waals surface area contributed by atoms with Gasteiger partial charge in [-0.2, -0.15) is 0 Å². The van der Waals surface area contributed by atoms with Crippen LogP contribution in [0.1, 0.15) is 56.4 Å². The molecule has 1 aromatic carbocycles. The van der Waals surface area contributed by atoms with Crippen LogP contribution < -0.4 is 9.62 Å². The smallest absolute Gasteiger partial charge is 0.208 e. The molecule has 1 saturated carbocycles. The summed E-state index contributed by atoms with van der Waals surface area (Å²) in [7, 11) is -3.28. The number of rotatable bonds is 7. The normalized spacial score (nSPS) is 32.1. The van der Waals surface area contributed by atoms with E-state index in [0.29, 0.717) is 18.6 Å². The molecule has 4 atom stereocenters. The van der Waals surface area contributed by atoms with Crippen LogP contribution in [0.15, 0.2) is 54.7 Å². The van der Waals surface area contributed by atoms with Crippen molar-refractivity contribution in [2.24, 2.45) is 5.92 Å². The average molecular weight is 470 g/mol. The minimum Gasteiger partial charge on any atom is -0.378 e. The number of sulfonamides is 1. The fraction of sp³-hybridized carbons (Fsp3) is 0.577. The number of aromatic nitrogens is 1. The first kappa shape index (κ1) is 22.8. The molecule has 7 heteroatoms. The van der Waals surface area contributed by atoms with Gasteiger partial charge in [0.1, 0.15) is 5.82 Å². The minimum absolute atomic E-state index is 0.0851. The topological polar surface area (TPSA) is 71.5 Å². The molecular formula is C26H35N3O3S. The van der Waals surface area contributed by atoms with Crippen molar-refractivity contribution in [3.63, 3.8) is 0 Å². The van der Waals surface area contributed by atoms with Crippen LogP contribution in [0.2, 0.25) is 0 Å². The second-order valence-corrected chi connectivity index (χ2v) is 11.8. The molecule has 5 rings (SSSR count). The fourth-order valence-corrected chi connectivity index (χ4v) is 7.16. The maximum Gasteiger partial charge on any atom is 0.208 e. The SMILES string of the molecule is CS(=O)(=O)N[C@H]1C[C@@H]2CC[C@@H]([C@H]1CO[C@H]1CC[C@@H](c3ccccc3)CC1)N2c1ccccn1. The fourth-order valence-electron chi connectivity index (χ4n) is 6.34. The molecule has 0 amide bonds. The third-order valence-electron chi connectivity index (χ3n) is 7.83. The molecular weight excluding hydrogens is 434 g/mol. The molecule has 1 N–H and O–H groups in total. The summed E-state index contributed by atoms with van der Waals surface area (Å²) >= 11 is 0. The summed E-state index contributed by atoms with van der Waals surface area (Å²) in [6.07, 6.45) is 10.7. The average Bonchev–Trinajstić information content (AvgIpc) is 3.15. The molecule has 33 heavy (non-hydrogen) atoms. The van der Waals surface area contributed by atoms with Crippen molar-refractivity contribution >= 4 is 15.8 Å². The Labute approximate surface area is 197 Å². The van der Waals surface area contributed by atoms with E-state index in [1.807, 2.05) is 18.3 Å². The number of hydrogen-bond donors (Lipinski definition) is 1. The predicted molar refractivity (Wildman–Crippen MR) is 131 cm³/mol. The second kappa shape index (κ2) is 9.72. The number of hydrogen-bond acceptors (Lipinski definition) is 5. The van der Waals surface area contributed by atoms with E-state index in [4.69, 9.17) is 4.74 Å². The van der Waals surface area contributed by atoms with Crippen molar-refractivity contribution in [2.45, 2.75) is 75.1 Å². The lowest BCUT2D eigenvalue weighted by atomic mass is 9.82. The Kier molecular flexibility index (Phi) is 6.72. The zero-order chi connectivity index (χ0) is 22.8. The summed E-state index contributed by atoms with van der Waals surface area (Å²) in [5, 5.41) is 0. The zero-order valence-electron chi connectivity index (χ0n) is 19.3. The van der Waals surface area contributed by atoms with Crippen LogP contribution in [-0.4, -0.2) is 50.5 Å². The van der Waals surface area contributed by atoms with Gasteiger partial charge in [0.25, 0.3) is 0 Å². The summed E-state index contributed by atoms with van der Waals surface area (Å²) in [6, 6.07) is 17.3. The maximum absolute atomic E-state index is 12.1. The van der Waals surface area contributed by atoms with E-state index in [0.717, 1.165) is 50.8 Å². The molecule has 0 unspecified atom stereocenters. The highest BCUT2D eigenvalue weighted by Gasteiger charge is 2.48. The van der Waals surface area contributed by atoms with Gasteiger partial charge in [0.15, 0.2) is 0 Å². The summed E-state index contributed by atoms with van der Waals surface area (Å²) in [4.78, 5) is 7.04. The van der Waals surface area contributed by atoms with Gasteiger partial charge in [-0.3, -0.25) is 0 Å². The molecule has 178 valence electrons. The van der Waals surface area contributed by atoms with Gasteiger partial charge in [-0.25, -0.2) is 18.1 Å². The lowest BCUT2D eigenvalue weighted by molar-refractivity contribution is -0.00899. The van der Waals surface area contributed by atoms with Crippen molar-refractivity contribution in [1.82, 2.24) is 9.71 Å². The number of ether oxygens (including phenoxy) is 1. The first-order chi connectivity index (χ1) is 16.0. The Bertz CT molecular complexity index is 1010. The summed E-state index contributed by atoms with van der Waals surface area (Å²) in [5.41, 5.74) is 1.43. The van der Waals surface area contributed by atoms with Crippen LogP contribution in [0.25, 0.3) is 0 Å². The quantitative estimate of drug-likeness (QED) is 0.661. The Morgan fingerprint density at radius 3 is 2.45 bits per heavy atom. The Morgan fingerprint density at radius 2 is 1.76 bits per heavy atom. The van der Waals surface area contributed by atoms with E-state index in [-0.39, 0.29) is 24.1 Å². The molecule has 0 spiro atoms. The molecule has 6 nitrogen and oxygen atoms in total. The molecule has 1 aliphatic carbocycles. The molecule has 2 bridgehead atoms. The highest BCUT2D eigenvalue weighted by Crippen LogP contribution is 2.42. The Hall–Kier alpha value is -1.96. The molecule has 3 fully saturated rings. The van der Waals surface area contributed by atoms with Crippen LogP contribution in [0.3, 0.4) is 0 Å². The summed E-state index contributed by atoms with van der Waals surface area (Å²) in [5.74, 6) is 1.74. The number of anilines is 1. The summed E-state index contributed by atoms with van der Waals surface area (Å²) in [6.45, 7) is 0.592. The van der Waals surface area contributed by atoms with Crippen molar-refractivity contribution < 1.29 is 13.2 Å². The molecule has 2 saturated heterocycles. The van der Waals surface area contributed by atoms with Gasteiger partial charge in [-0.15, -0.1) is 0 Å². The highest BCUT2D eigenvalue weighted by atomic mass is 32.2. The van der Waals surface area contributed by atoms with E-state index in [9.17, 15) is 8.42 Å². The van der Waals surface area contributed by atoms with E-state index < -0.39 is 10.0 Å². The van der Waals surface area contributed by atoms with Crippen LogP contribution in [0.4, 0.5) is 5.82 Å². The van der Waals surface area contributed by atoms with E-state index in [1.165, 1.54) is 11.8 Å². The lowest BCUT2D eigenvalue weighted by Gasteiger charge is -2.45. The van der Waals surface area contributed by atoms with Gasteiger partial charge >= 0.3 is 0 Å². The van der Waals surface area contributed by atoms with Gasteiger partial charge in [-0.05, 0) is 68.6 Å². The monoisotopic (exact) mass is 469 g/mol. The molecule has 2 aliphatic heterocycles. The minimum atomic E-state index is -3.28. The van der Waals surface area contributed by atoms with Gasteiger partial charge in [0.05, 0.1) is 19.0 Å². The second-order valence-electron chi connectivity index (χ2n) is 10.0. The summed E-state index contributed by atoms with van der Waals surface area (Å²) < 4.78 is 33.7. The molecule has 0 radical (unpaired) electrons. The van der Waals surface area contributed by atoms with E-state index >= 15 is 0 Å². The third-order valence-corrected chi connectivity index (χ3v) is 8.56. The Balaban J connectivity index is 1.26. The molecule has 3 heterocycles. The molecule has 2 aromatic rings. The van der Waals surface area contributed by atoms with Crippen molar-refractivity contribution in [3.05, 3.63) is 60.3 Å². The maximum atomic E-state index is 12.1. The standard InChI is InChI=1S/C26H35N3O3S/c1-33(30,31)28-24-17-21-12-15-25(29(21)26-9-5-6-16-27-26)23(24)18-32-22-13-10-20(11-14-22)19-7-3-2-4-8-19/h2-9,16,20-25,28H,10-15,17-18H2,1H3/t20-,21-,22+,23-,24-,25-/m0/s1. The van der Waals surface area contributed by atoms with E-state index in [1.54, 1.807) is 0 Å². The number of nitrogens with one attached hydrogen (secondary N) is 1.